The number of nitrogens with one attached hydrogen (secondary N) is 1. The first-order valence-corrected chi connectivity index (χ1v) is 10.9. The quantitative estimate of drug-likeness (QED) is 0.771. The molecule has 8 heteroatoms. The van der Waals surface area contributed by atoms with Crippen molar-refractivity contribution in [2.45, 2.75) is 64.8 Å². The predicted octanol–water partition coefficient (Wildman–Crippen LogP) is 3.67. The molecule has 7 nitrogen and oxygen atoms in total. The van der Waals surface area contributed by atoms with E-state index in [1.165, 1.54) is 4.90 Å². The van der Waals surface area contributed by atoms with Crippen LogP contribution in [0.4, 0.5) is 4.79 Å². The van der Waals surface area contributed by atoms with E-state index in [0.29, 0.717) is 0 Å². The molecule has 2 N–H and O–H groups in total. The Balaban J connectivity index is 1.67. The van der Waals surface area contributed by atoms with Crippen molar-refractivity contribution >= 4 is 23.3 Å². The van der Waals surface area contributed by atoms with E-state index in [0.717, 1.165) is 21.7 Å². The molecule has 0 radical (unpaired) electrons. The van der Waals surface area contributed by atoms with Gasteiger partial charge in [-0.3, -0.25) is 9.69 Å². The van der Waals surface area contributed by atoms with E-state index < -0.39 is 29.9 Å². The number of rotatable bonds is 4. The number of likely N-dealkylation sites (tertiary alicyclic amines) is 1. The Labute approximate surface area is 181 Å². The van der Waals surface area contributed by atoms with Gasteiger partial charge in [-0.05, 0) is 45.7 Å². The zero-order valence-corrected chi connectivity index (χ0v) is 18.8. The van der Waals surface area contributed by atoms with Gasteiger partial charge in [-0.25, -0.2) is 9.78 Å². The van der Waals surface area contributed by atoms with Crippen LogP contribution in [0.2, 0.25) is 0 Å². The molecule has 0 saturated carbocycles. The lowest BCUT2D eigenvalue weighted by Gasteiger charge is -2.29. The van der Waals surface area contributed by atoms with Crippen LogP contribution in [0, 0.1) is 6.92 Å². The average molecular weight is 432 g/mol. The van der Waals surface area contributed by atoms with Crippen molar-refractivity contribution in [2.75, 3.05) is 6.54 Å². The van der Waals surface area contributed by atoms with Crippen LogP contribution in [0.3, 0.4) is 0 Å². The number of amides is 2. The highest BCUT2D eigenvalue weighted by Crippen LogP contribution is 2.29. The van der Waals surface area contributed by atoms with Crippen LogP contribution in [-0.4, -0.2) is 51.4 Å². The van der Waals surface area contributed by atoms with E-state index in [9.17, 15) is 14.7 Å². The molecule has 0 spiro atoms. The Bertz CT molecular complexity index is 904. The molecule has 2 heterocycles. The smallest absolute Gasteiger partial charge is 0.412 e. The van der Waals surface area contributed by atoms with Crippen LogP contribution >= 0.6 is 11.3 Å². The number of carbonyl (C=O) groups excluding carboxylic acids is 2. The van der Waals surface area contributed by atoms with Crippen molar-refractivity contribution in [1.82, 2.24) is 15.2 Å². The molecule has 0 unspecified atom stereocenters. The van der Waals surface area contributed by atoms with Gasteiger partial charge < -0.3 is 15.2 Å². The lowest BCUT2D eigenvalue weighted by molar-refractivity contribution is -0.123. The standard InChI is InChI=1S/C22H29N3O4S/c1-13(15-6-8-16(9-7-15)19-14(2)23-12-30-19)20(27)24-18-10-17(26)11-25(18)21(28)29-22(3,4)5/h6-9,12-13,17-18,26H,10-11H2,1-5H3,(H,24,27)/t13-,17+,18-/m0/s1. The SMILES string of the molecule is Cc1ncsc1-c1ccc([C@H](C)C(=O)N[C@@H]2C[C@@H](O)CN2C(=O)OC(C)(C)C)cc1. The van der Waals surface area contributed by atoms with Gasteiger partial charge in [0.1, 0.15) is 11.8 Å². The predicted molar refractivity (Wildman–Crippen MR) is 116 cm³/mol. The molecule has 0 aliphatic carbocycles. The van der Waals surface area contributed by atoms with Crippen molar-refractivity contribution in [3.8, 4) is 10.4 Å². The Morgan fingerprint density at radius 3 is 2.53 bits per heavy atom. The second kappa shape index (κ2) is 8.73. The van der Waals surface area contributed by atoms with Gasteiger partial charge in [0.05, 0.1) is 34.6 Å². The minimum Gasteiger partial charge on any atom is -0.444 e. The highest BCUT2D eigenvalue weighted by atomic mass is 32.1. The fourth-order valence-corrected chi connectivity index (χ4v) is 4.23. The van der Waals surface area contributed by atoms with E-state index in [1.807, 2.05) is 43.6 Å². The molecule has 1 aromatic carbocycles. The first kappa shape index (κ1) is 22.2. The monoisotopic (exact) mass is 431 g/mol. The molecule has 3 atom stereocenters. The summed E-state index contributed by atoms with van der Waals surface area (Å²) >= 11 is 1.59. The number of aliphatic hydroxyl groups excluding tert-OH is 1. The summed E-state index contributed by atoms with van der Waals surface area (Å²) in [4.78, 5) is 32.1. The molecule has 162 valence electrons. The third-order valence-corrected chi connectivity index (χ3v) is 6.01. The molecule has 2 aromatic rings. The highest BCUT2D eigenvalue weighted by molar-refractivity contribution is 7.13. The van der Waals surface area contributed by atoms with Gasteiger partial charge in [-0.15, -0.1) is 11.3 Å². The third-order valence-electron chi connectivity index (χ3n) is 5.03. The zero-order chi connectivity index (χ0) is 22.1. The summed E-state index contributed by atoms with van der Waals surface area (Å²) in [5.74, 6) is -0.607. The van der Waals surface area contributed by atoms with Crippen molar-refractivity contribution in [3.05, 3.63) is 41.0 Å². The third kappa shape index (κ3) is 5.17. The zero-order valence-electron chi connectivity index (χ0n) is 18.0. The van der Waals surface area contributed by atoms with E-state index in [4.69, 9.17) is 4.74 Å². The second-order valence-corrected chi connectivity index (χ2v) is 9.51. The minimum absolute atomic E-state index is 0.136. The summed E-state index contributed by atoms with van der Waals surface area (Å²) in [6.07, 6.45) is -1.55. The molecule has 1 aliphatic rings. The molecular formula is C22H29N3O4S. The first-order chi connectivity index (χ1) is 14.0. The number of aliphatic hydroxyl groups is 1. The molecular weight excluding hydrogens is 402 g/mol. The van der Waals surface area contributed by atoms with Crippen molar-refractivity contribution in [3.63, 3.8) is 0 Å². The van der Waals surface area contributed by atoms with Crippen LogP contribution < -0.4 is 5.32 Å². The van der Waals surface area contributed by atoms with E-state index in [2.05, 4.69) is 10.3 Å². The van der Waals surface area contributed by atoms with Crippen LogP contribution in [0.5, 0.6) is 0 Å². The van der Waals surface area contributed by atoms with Crippen LogP contribution in [0.1, 0.15) is 51.3 Å². The first-order valence-electron chi connectivity index (χ1n) is 10.0. The maximum atomic E-state index is 12.8. The number of aromatic nitrogens is 1. The number of carbonyl (C=O) groups is 2. The molecule has 1 saturated heterocycles. The number of hydrogen-bond acceptors (Lipinski definition) is 6. The number of thiazole rings is 1. The van der Waals surface area contributed by atoms with Crippen molar-refractivity contribution in [2.24, 2.45) is 0 Å². The lowest BCUT2D eigenvalue weighted by Crippen LogP contribution is -2.49. The Morgan fingerprint density at radius 1 is 1.30 bits per heavy atom. The molecule has 3 rings (SSSR count). The molecule has 1 aromatic heterocycles. The second-order valence-electron chi connectivity index (χ2n) is 8.66. The number of aryl methyl sites for hydroxylation is 1. The molecule has 30 heavy (non-hydrogen) atoms. The molecule has 1 fully saturated rings. The van der Waals surface area contributed by atoms with E-state index in [-0.39, 0.29) is 18.9 Å². The van der Waals surface area contributed by atoms with E-state index >= 15 is 0 Å². The van der Waals surface area contributed by atoms with Crippen LogP contribution in [0.25, 0.3) is 10.4 Å². The maximum Gasteiger partial charge on any atom is 0.412 e. The Hall–Kier alpha value is -2.45. The number of β-amino-alcohol motifs (C(OH)–C–C–N with tert-alkyl or cyclic N) is 1. The van der Waals surface area contributed by atoms with Gasteiger partial charge in [0.15, 0.2) is 0 Å². The normalized spacial score (nSPS) is 20.1. The summed E-state index contributed by atoms with van der Waals surface area (Å²) in [6, 6.07) is 7.86. The van der Waals surface area contributed by atoms with Crippen LogP contribution in [-0.2, 0) is 9.53 Å². The summed E-state index contributed by atoms with van der Waals surface area (Å²) in [5.41, 5.74) is 4.11. The van der Waals surface area contributed by atoms with Crippen LogP contribution in [0.15, 0.2) is 29.8 Å². The lowest BCUT2D eigenvalue weighted by atomic mass is 9.98. The number of hydrogen-bond donors (Lipinski definition) is 2. The Morgan fingerprint density at radius 2 is 1.97 bits per heavy atom. The van der Waals surface area contributed by atoms with Gasteiger partial charge in [0.2, 0.25) is 5.91 Å². The summed E-state index contributed by atoms with van der Waals surface area (Å²) < 4.78 is 5.41. The van der Waals surface area contributed by atoms with E-state index in [1.54, 1.807) is 32.1 Å². The molecule has 2 amide bonds. The van der Waals surface area contributed by atoms with Crippen molar-refractivity contribution < 1.29 is 19.4 Å². The summed E-state index contributed by atoms with van der Waals surface area (Å²) in [5, 5.41) is 12.9. The van der Waals surface area contributed by atoms with Gasteiger partial charge in [-0.1, -0.05) is 24.3 Å². The number of ether oxygens (including phenoxy) is 1. The van der Waals surface area contributed by atoms with Gasteiger partial charge in [0, 0.05) is 6.42 Å². The maximum absolute atomic E-state index is 12.8. The summed E-state index contributed by atoms with van der Waals surface area (Å²) in [7, 11) is 0. The molecule has 1 aliphatic heterocycles. The number of benzene rings is 1. The van der Waals surface area contributed by atoms with Crippen molar-refractivity contribution in [1.29, 1.82) is 0 Å². The van der Waals surface area contributed by atoms with Gasteiger partial charge in [-0.2, -0.15) is 0 Å². The largest absolute Gasteiger partial charge is 0.444 e. The highest BCUT2D eigenvalue weighted by Gasteiger charge is 2.38. The minimum atomic E-state index is -0.694. The fraction of sp³-hybridized carbons (Fsp3) is 0.500. The Kier molecular flexibility index (Phi) is 6.47. The van der Waals surface area contributed by atoms with Gasteiger partial charge >= 0.3 is 6.09 Å². The fourth-order valence-electron chi connectivity index (χ4n) is 3.42. The summed E-state index contributed by atoms with van der Waals surface area (Å²) in [6.45, 7) is 9.28. The van der Waals surface area contributed by atoms with Gasteiger partial charge in [0.25, 0.3) is 0 Å². The number of nitrogens with zero attached hydrogens (tertiary/aromatic N) is 2. The topological polar surface area (TPSA) is 91.8 Å². The molecule has 0 bridgehead atoms. The average Bonchev–Trinajstić information content (AvgIpc) is 3.25.